The third-order valence-corrected chi connectivity index (χ3v) is 4.51. The molecule has 0 aliphatic rings. The Morgan fingerprint density at radius 2 is 1.35 bits per heavy atom. The van der Waals surface area contributed by atoms with Crippen molar-refractivity contribution >= 4 is 49.3 Å². The Balaban J connectivity index is 0.000000238. The van der Waals surface area contributed by atoms with Crippen LogP contribution in [0.2, 0.25) is 0 Å². The third-order valence-electron chi connectivity index (χ3n) is 2.47. The van der Waals surface area contributed by atoms with Crippen molar-refractivity contribution in [3.05, 3.63) is 68.8 Å². The molecular formula is C13H9HgN3O4S2. The van der Waals surface area contributed by atoms with Gasteiger partial charge in [0.05, 0.1) is 4.92 Å². The average molecular weight is 536 g/mol. The van der Waals surface area contributed by atoms with Crippen molar-refractivity contribution in [1.82, 2.24) is 0 Å². The first-order valence-electron chi connectivity index (χ1n) is 6.08. The van der Waals surface area contributed by atoms with Gasteiger partial charge in [-0.15, -0.1) is 0 Å². The summed E-state index contributed by atoms with van der Waals surface area (Å²) in [7, 11) is 0. The minimum absolute atomic E-state index is 0.0424. The number of thiocarbonyl (C=S) groups is 1. The molecule has 7 nitrogen and oxygen atoms in total. The molecule has 23 heavy (non-hydrogen) atoms. The van der Waals surface area contributed by atoms with Gasteiger partial charge in [0.2, 0.25) is 0 Å². The van der Waals surface area contributed by atoms with Crippen LogP contribution in [0.1, 0.15) is 0 Å². The summed E-state index contributed by atoms with van der Waals surface area (Å²) in [6.07, 6.45) is 0. The molecule has 0 saturated heterocycles. The van der Waals surface area contributed by atoms with E-state index in [1.54, 1.807) is 36.4 Å². The smallest absolute Gasteiger partial charge is 0.269 e. The first kappa shape index (κ1) is 19.3. The van der Waals surface area contributed by atoms with E-state index in [-0.39, 0.29) is 20.6 Å². The minimum atomic E-state index is -0.463. The van der Waals surface area contributed by atoms with Crippen LogP contribution in [-0.4, -0.2) is 14.2 Å². The zero-order valence-electron chi connectivity index (χ0n) is 11.7. The molecule has 0 radical (unpaired) electrons. The molecule has 0 saturated carbocycles. The Hall–Kier alpha value is -1.71. The zero-order chi connectivity index (χ0) is 17.4. The van der Waals surface area contributed by atoms with Gasteiger partial charge >= 0.3 is 74.2 Å². The summed E-state index contributed by atoms with van der Waals surface area (Å²) in [5.74, 6) is 0. The average Bonchev–Trinajstić information content (AvgIpc) is 2.48. The van der Waals surface area contributed by atoms with Crippen LogP contribution >= 0.6 is 12.2 Å². The summed E-state index contributed by atoms with van der Waals surface area (Å²) in [6, 6.07) is 12.6. The molecule has 2 aromatic rings. The van der Waals surface area contributed by atoms with Gasteiger partial charge in [0.15, 0.2) is 0 Å². The molecule has 0 amide bonds. The Labute approximate surface area is 158 Å². The second-order valence-corrected chi connectivity index (χ2v) is 8.39. The van der Waals surface area contributed by atoms with Gasteiger partial charge in [-0.2, -0.15) is 0 Å². The molecule has 0 atom stereocenters. The number of hydrogen-bond acceptors (Lipinski definition) is 6. The second kappa shape index (κ2) is 9.43. The predicted octanol–water partition coefficient (Wildman–Crippen LogP) is 2.61. The van der Waals surface area contributed by atoms with Crippen LogP contribution in [0.25, 0.3) is 0 Å². The topological polar surface area (TPSA) is 98.3 Å². The molecule has 10 heteroatoms. The van der Waals surface area contributed by atoms with E-state index in [0.717, 1.165) is 0 Å². The number of non-ortho nitro benzene ring substituents is 2. The quantitative estimate of drug-likeness (QED) is 0.212. The van der Waals surface area contributed by atoms with E-state index >= 15 is 0 Å². The van der Waals surface area contributed by atoms with E-state index in [1.807, 2.05) is 0 Å². The third kappa shape index (κ3) is 7.39. The summed E-state index contributed by atoms with van der Waals surface area (Å²) in [5.41, 5.74) is 0.876. The number of nitrogens with zero attached hydrogens (tertiary/aromatic N) is 2. The molecule has 0 bridgehead atoms. The van der Waals surface area contributed by atoms with Crippen LogP contribution < -0.4 is 8.39 Å². The molecule has 0 heterocycles. The van der Waals surface area contributed by atoms with Crippen molar-refractivity contribution in [2.24, 2.45) is 0 Å². The number of nitro groups is 2. The molecule has 0 unspecified atom stereocenters. The van der Waals surface area contributed by atoms with Crippen molar-refractivity contribution in [3.63, 3.8) is 0 Å². The van der Waals surface area contributed by atoms with E-state index in [9.17, 15) is 20.2 Å². The fourth-order valence-electron chi connectivity index (χ4n) is 1.40. The maximum atomic E-state index is 10.3. The summed E-state index contributed by atoms with van der Waals surface area (Å²) in [4.78, 5) is 19.6. The van der Waals surface area contributed by atoms with Gasteiger partial charge in [0.1, 0.15) is 0 Å². The molecule has 2 rings (SSSR count). The molecular weight excluding hydrogens is 527 g/mol. The van der Waals surface area contributed by atoms with Gasteiger partial charge in [0, 0.05) is 17.8 Å². The van der Waals surface area contributed by atoms with E-state index < -0.39 is 4.92 Å². The number of anilines is 1. The van der Waals surface area contributed by atoms with Crippen LogP contribution in [0.4, 0.5) is 17.1 Å². The largest absolute Gasteiger partial charge is 0.411 e. The van der Waals surface area contributed by atoms with Crippen molar-refractivity contribution in [1.29, 1.82) is 0 Å². The molecule has 0 fully saturated rings. The first-order valence-corrected chi connectivity index (χ1v) is 9.65. The summed E-state index contributed by atoms with van der Waals surface area (Å²) < 4.78 is 1.44. The normalized spacial score (nSPS) is 9.30. The van der Waals surface area contributed by atoms with Crippen molar-refractivity contribution in [2.75, 3.05) is 5.32 Å². The molecule has 0 aromatic heterocycles. The number of hydrogen-bond donors (Lipinski definition) is 1. The second-order valence-electron chi connectivity index (χ2n) is 4.14. The Morgan fingerprint density at radius 3 is 1.70 bits per heavy atom. The number of rotatable bonds is 3. The van der Waals surface area contributed by atoms with Crippen LogP contribution in [0, 0.1) is 20.2 Å². The molecule has 0 spiro atoms. The Kier molecular flexibility index (Phi) is 7.93. The molecule has 1 N–H and O–H groups in total. The van der Waals surface area contributed by atoms with Gasteiger partial charge < -0.3 is 30.2 Å². The molecule has 0 aliphatic heterocycles. The standard InChI is InChI=1S/C7H6N2O2S2.C6H4NO2.Hg/c10-9(11)6-3-1-5(2-4-6)8-7(12)13;8-7(9)6-4-2-1-3-5-6;/h1-4H,(H2,8,12,13);2-5H;/q;;+1/p-1. The number of nitrogens with one attached hydrogen (secondary N) is 1. The maximum Gasteiger partial charge on any atom is 0.269 e. The predicted molar refractivity (Wildman–Crippen MR) is 89.4 cm³/mol. The van der Waals surface area contributed by atoms with Gasteiger partial charge in [-0.1, -0.05) is 4.32 Å². The van der Waals surface area contributed by atoms with Crippen LogP contribution in [-0.2, 0) is 38.8 Å². The SMILES string of the molecule is O=[N+]([O-])c1cc[c]([Hg+])cc1.O=[N+]([O-])c1ccc(NC(=S)[S-])cc1. The van der Waals surface area contributed by atoms with Gasteiger partial charge in [-0.25, -0.2) is 0 Å². The van der Waals surface area contributed by atoms with E-state index in [4.69, 9.17) is 0 Å². The summed E-state index contributed by atoms with van der Waals surface area (Å²) in [5, 5.41) is 23.1. The minimum Gasteiger partial charge on any atom is -0.411 e. The molecule has 2 aromatic carbocycles. The van der Waals surface area contributed by atoms with Crippen molar-refractivity contribution in [2.45, 2.75) is 0 Å². The van der Waals surface area contributed by atoms with Gasteiger partial charge in [0.25, 0.3) is 5.69 Å². The fourth-order valence-corrected chi connectivity index (χ4v) is 2.55. The van der Waals surface area contributed by atoms with E-state index in [0.29, 0.717) is 31.8 Å². The molecule has 0 aliphatic carbocycles. The van der Waals surface area contributed by atoms with Gasteiger partial charge in [-0.3, -0.25) is 10.1 Å². The zero-order valence-corrected chi connectivity index (χ0v) is 18.8. The summed E-state index contributed by atoms with van der Waals surface area (Å²) in [6.45, 7) is 0. The fraction of sp³-hybridized carbons (Fsp3) is 0. The van der Waals surface area contributed by atoms with Gasteiger partial charge in [-0.05, 0) is 12.1 Å². The van der Waals surface area contributed by atoms with Crippen LogP contribution in [0.3, 0.4) is 0 Å². The van der Waals surface area contributed by atoms with E-state index in [2.05, 4.69) is 30.2 Å². The molecule has 114 valence electrons. The van der Waals surface area contributed by atoms with Crippen molar-refractivity contribution in [3.8, 4) is 0 Å². The van der Waals surface area contributed by atoms with E-state index in [1.165, 1.54) is 15.2 Å². The van der Waals surface area contributed by atoms with Crippen LogP contribution in [0.5, 0.6) is 0 Å². The monoisotopic (exact) mass is 537 g/mol. The first-order chi connectivity index (χ1) is 10.8. The number of benzene rings is 2. The van der Waals surface area contributed by atoms with Crippen molar-refractivity contribution < 1.29 is 36.0 Å². The van der Waals surface area contributed by atoms with Crippen LogP contribution in [0.15, 0.2) is 48.5 Å². The Bertz CT molecular complexity index is 708. The Morgan fingerprint density at radius 1 is 0.957 bits per heavy atom. The number of nitro benzene ring substituents is 2. The maximum absolute atomic E-state index is 10.3. The summed E-state index contributed by atoms with van der Waals surface area (Å²) >= 11 is 9.83.